The average Bonchev–Trinajstić information content (AvgIpc) is 2.39. The molecule has 0 saturated carbocycles. The summed E-state index contributed by atoms with van der Waals surface area (Å²) in [5.74, 6) is 0.286. The van der Waals surface area contributed by atoms with E-state index in [0.29, 0.717) is 5.92 Å². The van der Waals surface area contributed by atoms with Gasteiger partial charge >= 0.3 is 5.97 Å². The van der Waals surface area contributed by atoms with E-state index in [-0.39, 0.29) is 12.1 Å². The Hall–Kier alpha value is -1.35. The van der Waals surface area contributed by atoms with Crippen LogP contribution in [0.3, 0.4) is 0 Å². The second kappa shape index (κ2) is 6.71. The van der Waals surface area contributed by atoms with Gasteiger partial charge in [-0.25, -0.2) is 0 Å². The first-order chi connectivity index (χ1) is 9.15. The van der Waals surface area contributed by atoms with E-state index in [1.165, 1.54) is 18.9 Å². The van der Waals surface area contributed by atoms with E-state index in [2.05, 4.69) is 29.2 Å². The molecule has 19 heavy (non-hydrogen) atoms. The van der Waals surface area contributed by atoms with Gasteiger partial charge in [0, 0.05) is 25.9 Å². The molecule has 0 aromatic heterocycles. The second-order valence-corrected chi connectivity index (χ2v) is 5.44. The number of hydrogen-bond donors (Lipinski definition) is 0. The fourth-order valence-electron chi connectivity index (χ4n) is 2.82. The van der Waals surface area contributed by atoms with Crippen molar-refractivity contribution in [1.29, 1.82) is 0 Å². The van der Waals surface area contributed by atoms with Crippen molar-refractivity contribution in [2.24, 2.45) is 5.92 Å². The van der Waals surface area contributed by atoms with Crippen LogP contribution in [-0.4, -0.2) is 30.1 Å². The predicted octanol–water partition coefficient (Wildman–Crippen LogP) is 2.85. The molecule has 1 saturated heterocycles. The largest absolute Gasteiger partial charge is 0.463 e. The van der Waals surface area contributed by atoms with Gasteiger partial charge < -0.3 is 4.74 Å². The molecule has 1 aliphatic rings. The van der Waals surface area contributed by atoms with Crippen molar-refractivity contribution in [2.45, 2.75) is 39.3 Å². The van der Waals surface area contributed by atoms with Gasteiger partial charge in [-0.15, -0.1) is 0 Å². The van der Waals surface area contributed by atoms with Crippen LogP contribution in [0.2, 0.25) is 0 Å². The summed E-state index contributed by atoms with van der Waals surface area (Å²) in [5, 5.41) is 0. The highest BCUT2D eigenvalue weighted by molar-refractivity contribution is 5.66. The number of carbonyl (C=O) groups is 1. The molecular formula is C16H23NO2. The molecule has 0 spiro atoms. The predicted molar refractivity (Wildman–Crippen MR) is 75.7 cm³/mol. The first-order valence-corrected chi connectivity index (χ1v) is 7.08. The smallest absolute Gasteiger partial charge is 0.302 e. The number of carbonyl (C=O) groups excluding carboxylic acids is 1. The lowest BCUT2D eigenvalue weighted by Gasteiger charge is -2.35. The highest BCUT2D eigenvalue weighted by atomic mass is 16.5. The van der Waals surface area contributed by atoms with E-state index in [9.17, 15) is 4.79 Å². The maximum atomic E-state index is 11.0. The number of rotatable bonds is 4. The van der Waals surface area contributed by atoms with Gasteiger partial charge in [0.15, 0.2) is 0 Å². The Morgan fingerprint density at radius 3 is 2.84 bits per heavy atom. The Morgan fingerprint density at radius 2 is 2.16 bits per heavy atom. The van der Waals surface area contributed by atoms with E-state index in [1.54, 1.807) is 0 Å². The van der Waals surface area contributed by atoms with E-state index >= 15 is 0 Å². The first-order valence-electron chi connectivity index (χ1n) is 7.08. The van der Waals surface area contributed by atoms with Crippen LogP contribution in [-0.2, 0) is 16.1 Å². The van der Waals surface area contributed by atoms with Gasteiger partial charge in [-0.05, 0) is 31.9 Å². The summed E-state index contributed by atoms with van der Waals surface area (Å²) in [7, 11) is 0. The third-order valence-corrected chi connectivity index (χ3v) is 3.81. The maximum Gasteiger partial charge on any atom is 0.302 e. The maximum absolute atomic E-state index is 11.0. The van der Waals surface area contributed by atoms with Gasteiger partial charge in [-0.3, -0.25) is 9.69 Å². The van der Waals surface area contributed by atoms with Crippen molar-refractivity contribution in [2.75, 3.05) is 13.1 Å². The third kappa shape index (κ3) is 4.35. The summed E-state index contributed by atoms with van der Waals surface area (Å²) < 4.78 is 5.32. The Morgan fingerprint density at radius 1 is 1.42 bits per heavy atom. The number of piperidine rings is 1. The zero-order valence-corrected chi connectivity index (χ0v) is 11.8. The van der Waals surface area contributed by atoms with Crippen molar-refractivity contribution in [3.05, 3.63) is 35.9 Å². The standard InChI is InChI=1S/C16H23NO2/c1-13(19-14(2)18)16-9-6-10-17(12-16)11-15-7-4-3-5-8-15/h3-5,7-8,13,16H,6,9-12H2,1-2H3. The van der Waals surface area contributed by atoms with Gasteiger partial charge in [-0.1, -0.05) is 30.3 Å². The highest BCUT2D eigenvalue weighted by Crippen LogP contribution is 2.23. The Kier molecular flexibility index (Phi) is 4.97. The molecular weight excluding hydrogens is 238 g/mol. The number of esters is 1. The van der Waals surface area contributed by atoms with Crippen molar-refractivity contribution in [1.82, 2.24) is 4.90 Å². The normalized spacial score (nSPS) is 21.9. The molecule has 3 heteroatoms. The minimum atomic E-state index is -0.173. The summed E-state index contributed by atoms with van der Waals surface area (Å²) in [6, 6.07) is 10.5. The summed E-state index contributed by atoms with van der Waals surface area (Å²) >= 11 is 0. The summed E-state index contributed by atoms with van der Waals surface area (Å²) in [5.41, 5.74) is 1.35. The average molecular weight is 261 g/mol. The zero-order chi connectivity index (χ0) is 13.7. The molecule has 2 rings (SSSR count). The molecule has 0 amide bonds. The van der Waals surface area contributed by atoms with Crippen LogP contribution in [0.5, 0.6) is 0 Å². The van der Waals surface area contributed by atoms with Crippen molar-refractivity contribution in [3.8, 4) is 0 Å². The number of ether oxygens (including phenoxy) is 1. The first kappa shape index (κ1) is 14.1. The van der Waals surface area contributed by atoms with Crippen LogP contribution in [0.25, 0.3) is 0 Å². The van der Waals surface area contributed by atoms with Crippen LogP contribution in [0.1, 0.15) is 32.3 Å². The lowest BCUT2D eigenvalue weighted by molar-refractivity contribution is -0.149. The molecule has 1 heterocycles. The lowest BCUT2D eigenvalue weighted by Crippen LogP contribution is -2.40. The Labute approximate surface area is 115 Å². The van der Waals surface area contributed by atoms with Crippen LogP contribution in [0.4, 0.5) is 0 Å². The van der Waals surface area contributed by atoms with E-state index in [0.717, 1.165) is 26.1 Å². The molecule has 0 aliphatic carbocycles. The van der Waals surface area contributed by atoms with Crippen LogP contribution >= 0.6 is 0 Å². The summed E-state index contributed by atoms with van der Waals surface area (Å²) in [4.78, 5) is 13.5. The van der Waals surface area contributed by atoms with Gasteiger partial charge in [0.1, 0.15) is 6.10 Å². The van der Waals surface area contributed by atoms with E-state index in [4.69, 9.17) is 4.74 Å². The number of nitrogens with zero attached hydrogens (tertiary/aromatic N) is 1. The van der Waals surface area contributed by atoms with E-state index in [1.807, 2.05) is 13.0 Å². The molecule has 1 aromatic carbocycles. The molecule has 104 valence electrons. The lowest BCUT2D eigenvalue weighted by atomic mass is 9.93. The molecule has 1 fully saturated rings. The van der Waals surface area contributed by atoms with Crippen LogP contribution in [0, 0.1) is 5.92 Å². The number of benzene rings is 1. The highest BCUT2D eigenvalue weighted by Gasteiger charge is 2.26. The van der Waals surface area contributed by atoms with Gasteiger partial charge in [0.2, 0.25) is 0 Å². The molecule has 1 aliphatic heterocycles. The quantitative estimate of drug-likeness (QED) is 0.781. The number of hydrogen-bond acceptors (Lipinski definition) is 3. The third-order valence-electron chi connectivity index (χ3n) is 3.81. The molecule has 0 bridgehead atoms. The van der Waals surface area contributed by atoms with Crippen molar-refractivity contribution >= 4 is 5.97 Å². The van der Waals surface area contributed by atoms with Gasteiger partial charge in [0.25, 0.3) is 0 Å². The molecule has 1 aromatic rings. The molecule has 0 N–H and O–H groups in total. The Balaban J connectivity index is 1.88. The summed E-state index contributed by atoms with van der Waals surface area (Å²) in [6.07, 6.45) is 2.36. The second-order valence-electron chi connectivity index (χ2n) is 5.44. The SMILES string of the molecule is CC(=O)OC(C)C1CCCN(Cc2ccccc2)C1. The molecule has 3 nitrogen and oxygen atoms in total. The van der Waals surface area contributed by atoms with Gasteiger partial charge in [0.05, 0.1) is 0 Å². The fraction of sp³-hybridized carbons (Fsp3) is 0.562. The van der Waals surface area contributed by atoms with Gasteiger partial charge in [-0.2, -0.15) is 0 Å². The minimum Gasteiger partial charge on any atom is -0.463 e. The zero-order valence-electron chi connectivity index (χ0n) is 11.8. The molecule has 2 unspecified atom stereocenters. The Bertz CT molecular complexity index is 404. The molecule has 2 atom stereocenters. The topological polar surface area (TPSA) is 29.5 Å². The summed E-state index contributed by atoms with van der Waals surface area (Å²) in [6.45, 7) is 6.64. The van der Waals surface area contributed by atoms with Crippen LogP contribution in [0.15, 0.2) is 30.3 Å². The minimum absolute atomic E-state index is 0.0241. The van der Waals surface area contributed by atoms with Crippen molar-refractivity contribution in [3.63, 3.8) is 0 Å². The van der Waals surface area contributed by atoms with Crippen LogP contribution < -0.4 is 0 Å². The molecule has 0 radical (unpaired) electrons. The fourth-order valence-corrected chi connectivity index (χ4v) is 2.82. The number of likely N-dealkylation sites (tertiary alicyclic amines) is 1. The van der Waals surface area contributed by atoms with E-state index < -0.39 is 0 Å². The van der Waals surface area contributed by atoms with Crippen molar-refractivity contribution < 1.29 is 9.53 Å². The monoisotopic (exact) mass is 261 g/mol.